The maximum Gasteiger partial charge on any atom is 0.0437 e. The fourth-order valence-corrected chi connectivity index (χ4v) is 3.32. The maximum atomic E-state index is 5.01. The van der Waals surface area contributed by atoms with Crippen molar-refractivity contribution in [2.24, 2.45) is 10.9 Å². The average molecular weight is 380 g/mol. The van der Waals surface area contributed by atoms with E-state index >= 15 is 0 Å². The molecule has 0 amide bonds. The summed E-state index contributed by atoms with van der Waals surface area (Å²) in [6.07, 6.45) is 10.4. The van der Waals surface area contributed by atoms with Crippen LogP contribution in [0, 0.1) is 5.92 Å². The van der Waals surface area contributed by atoms with Crippen LogP contribution >= 0.6 is 0 Å². The highest BCUT2D eigenvalue weighted by Crippen LogP contribution is 2.23. The molecule has 1 aromatic carbocycles. The first-order valence-corrected chi connectivity index (χ1v) is 10.9. The Kier molecular flexibility index (Phi) is 11.5. The topological polar surface area (TPSA) is 12.4 Å². The molecule has 0 aliphatic heterocycles. The van der Waals surface area contributed by atoms with Gasteiger partial charge in [0.15, 0.2) is 0 Å². The molecule has 28 heavy (non-hydrogen) atoms. The Balaban J connectivity index is 2.67. The van der Waals surface area contributed by atoms with Crippen LogP contribution in [0.15, 0.2) is 70.4 Å². The Morgan fingerprint density at radius 2 is 1.68 bits per heavy atom. The molecule has 0 aliphatic carbocycles. The molecule has 0 bridgehead atoms. The fraction of sp³-hybridized carbons (Fsp3) is 0.519. The highest BCUT2D eigenvalue weighted by Gasteiger charge is 2.14. The summed E-state index contributed by atoms with van der Waals surface area (Å²) in [4.78, 5) is 5.01. The molecular formula is C27H41N. The third kappa shape index (κ3) is 9.88. The van der Waals surface area contributed by atoms with Gasteiger partial charge in [-0.05, 0) is 84.8 Å². The third-order valence-electron chi connectivity index (χ3n) is 5.21. The second-order valence-electron chi connectivity index (χ2n) is 8.46. The van der Waals surface area contributed by atoms with E-state index in [1.54, 1.807) is 0 Å². The van der Waals surface area contributed by atoms with Gasteiger partial charge in [-0.3, -0.25) is 4.99 Å². The molecule has 1 rings (SSSR count). The fourth-order valence-electron chi connectivity index (χ4n) is 3.32. The van der Waals surface area contributed by atoms with Crippen LogP contribution in [0.25, 0.3) is 0 Å². The van der Waals surface area contributed by atoms with Gasteiger partial charge in [-0.2, -0.15) is 0 Å². The number of allylic oxidation sites excluding steroid dienone is 5. The average Bonchev–Trinajstić information content (AvgIpc) is 2.65. The van der Waals surface area contributed by atoms with Gasteiger partial charge in [0, 0.05) is 17.3 Å². The van der Waals surface area contributed by atoms with Crippen LogP contribution in [0.2, 0.25) is 0 Å². The standard InChI is InChI=1S/C27H41N/c1-8-13-26(27(20-21(2)3)28-24(7)22(4)5)17-12-14-23(6)18-19-25-15-10-9-11-16-25/h9-11,15-16,20,26H,6,8,12-14,17-19H2,1-5,7H3. The Morgan fingerprint density at radius 1 is 1.00 bits per heavy atom. The summed E-state index contributed by atoms with van der Waals surface area (Å²) in [6.45, 7) is 17.4. The van der Waals surface area contributed by atoms with Crippen molar-refractivity contribution in [2.45, 2.75) is 86.5 Å². The number of hydrogen-bond acceptors (Lipinski definition) is 1. The lowest BCUT2D eigenvalue weighted by molar-refractivity contribution is 0.540. The lowest BCUT2D eigenvalue weighted by Gasteiger charge is -2.18. The molecule has 1 unspecified atom stereocenters. The van der Waals surface area contributed by atoms with E-state index in [1.807, 2.05) is 0 Å². The van der Waals surface area contributed by atoms with Gasteiger partial charge in [-0.15, -0.1) is 0 Å². The largest absolute Gasteiger partial charge is 0.258 e. The van der Waals surface area contributed by atoms with Gasteiger partial charge >= 0.3 is 0 Å². The minimum atomic E-state index is 0.538. The highest BCUT2D eigenvalue weighted by atomic mass is 14.8. The Hall–Kier alpha value is -1.89. The monoisotopic (exact) mass is 379 g/mol. The van der Waals surface area contributed by atoms with E-state index in [2.05, 4.69) is 84.5 Å². The molecule has 1 atom stereocenters. The normalized spacial score (nSPS) is 12.4. The highest BCUT2D eigenvalue weighted by molar-refractivity contribution is 5.98. The quantitative estimate of drug-likeness (QED) is 0.255. The zero-order valence-corrected chi connectivity index (χ0v) is 19.1. The number of hydrogen-bond donors (Lipinski definition) is 0. The Bertz CT molecular complexity index is 680. The van der Waals surface area contributed by atoms with Crippen LogP contribution in [-0.4, -0.2) is 5.71 Å². The van der Waals surface area contributed by atoms with Crippen LogP contribution < -0.4 is 0 Å². The van der Waals surface area contributed by atoms with Gasteiger partial charge < -0.3 is 0 Å². The minimum absolute atomic E-state index is 0.538. The SMILES string of the molecule is C=C(CCCC(CCC)C(C=C(C)C)=NC(C)=C(C)C)CCc1ccccc1. The first kappa shape index (κ1) is 24.1. The molecule has 0 radical (unpaired) electrons. The molecule has 1 aromatic rings. The second-order valence-corrected chi connectivity index (χ2v) is 8.46. The van der Waals surface area contributed by atoms with Gasteiger partial charge in [-0.25, -0.2) is 0 Å². The lowest BCUT2D eigenvalue weighted by atomic mass is 9.89. The van der Waals surface area contributed by atoms with Gasteiger partial charge in [0.25, 0.3) is 0 Å². The summed E-state index contributed by atoms with van der Waals surface area (Å²) in [6, 6.07) is 10.7. The van der Waals surface area contributed by atoms with Crippen molar-refractivity contribution in [3.8, 4) is 0 Å². The summed E-state index contributed by atoms with van der Waals surface area (Å²) in [5.41, 5.74) is 7.82. The van der Waals surface area contributed by atoms with Crippen molar-refractivity contribution < 1.29 is 0 Å². The first-order valence-electron chi connectivity index (χ1n) is 10.9. The summed E-state index contributed by atoms with van der Waals surface area (Å²) < 4.78 is 0. The molecule has 0 spiro atoms. The minimum Gasteiger partial charge on any atom is -0.258 e. The molecule has 154 valence electrons. The molecule has 0 saturated carbocycles. The second kappa shape index (κ2) is 13.3. The van der Waals surface area contributed by atoms with E-state index in [0.717, 1.165) is 25.0 Å². The maximum absolute atomic E-state index is 5.01. The molecule has 0 heterocycles. The number of benzene rings is 1. The van der Waals surface area contributed by atoms with E-state index in [9.17, 15) is 0 Å². The first-order chi connectivity index (χ1) is 13.3. The van der Waals surface area contributed by atoms with Gasteiger partial charge in [-0.1, -0.05) is 67.0 Å². The van der Waals surface area contributed by atoms with E-state index in [0.29, 0.717) is 5.92 Å². The lowest BCUT2D eigenvalue weighted by Crippen LogP contribution is -2.13. The summed E-state index contributed by atoms with van der Waals surface area (Å²) in [7, 11) is 0. The molecule has 0 N–H and O–H groups in total. The van der Waals surface area contributed by atoms with Crippen molar-refractivity contribution in [3.63, 3.8) is 0 Å². The Morgan fingerprint density at radius 3 is 2.25 bits per heavy atom. The molecule has 0 saturated heterocycles. The number of aryl methyl sites for hydroxylation is 1. The molecule has 0 aliphatic rings. The number of nitrogens with zero attached hydrogens (tertiary/aromatic N) is 1. The van der Waals surface area contributed by atoms with Crippen molar-refractivity contribution in [2.75, 3.05) is 0 Å². The van der Waals surface area contributed by atoms with Gasteiger partial charge in [0.2, 0.25) is 0 Å². The van der Waals surface area contributed by atoms with Gasteiger partial charge in [0.1, 0.15) is 0 Å². The van der Waals surface area contributed by atoms with Crippen LogP contribution in [0.4, 0.5) is 0 Å². The van der Waals surface area contributed by atoms with Crippen molar-refractivity contribution in [1.29, 1.82) is 0 Å². The van der Waals surface area contributed by atoms with Crippen molar-refractivity contribution in [1.82, 2.24) is 0 Å². The molecule has 1 nitrogen and oxygen atoms in total. The molecule has 0 aromatic heterocycles. The van der Waals surface area contributed by atoms with Crippen LogP contribution in [0.1, 0.15) is 85.6 Å². The number of aliphatic imine (C=N–C) groups is 1. The van der Waals surface area contributed by atoms with E-state index in [4.69, 9.17) is 4.99 Å². The molecule has 1 heteroatoms. The zero-order chi connectivity index (χ0) is 20.9. The van der Waals surface area contributed by atoms with E-state index in [1.165, 1.54) is 53.7 Å². The smallest absolute Gasteiger partial charge is 0.0437 e. The van der Waals surface area contributed by atoms with Crippen molar-refractivity contribution in [3.05, 3.63) is 71.0 Å². The number of rotatable bonds is 12. The summed E-state index contributed by atoms with van der Waals surface area (Å²) >= 11 is 0. The Labute approximate surface area is 174 Å². The third-order valence-corrected chi connectivity index (χ3v) is 5.21. The summed E-state index contributed by atoms with van der Waals surface area (Å²) in [5.74, 6) is 0.538. The van der Waals surface area contributed by atoms with Crippen molar-refractivity contribution >= 4 is 5.71 Å². The van der Waals surface area contributed by atoms with Crippen LogP contribution in [-0.2, 0) is 6.42 Å². The van der Waals surface area contributed by atoms with Crippen LogP contribution in [0.3, 0.4) is 0 Å². The van der Waals surface area contributed by atoms with E-state index in [-0.39, 0.29) is 0 Å². The molecular weight excluding hydrogens is 338 g/mol. The van der Waals surface area contributed by atoms with E-state index < -0.39 is 0 Å². The van der Waals surface area contributed by atoms with Crippen LogP contribution in [0.5, 0.6) is 0 Å². The van der Waals surface area contributed by atoms with Gasteiger partial charge in [0.05, 0.1) is 0 Å². The zero-order valence-electron chi connectivity index (χ0n) is 19.1. The predicted octanol–water partition coefficient (Wildman–Crippen LogP) is 8.48. The molecule has 0 fully saturated rings. The predicted molar refractivity (Wildman–Crippen MR) is 127 cm³/mol. The summed E-state index contributed by atoms with van der Waals surface area (Å²) in [5, 5.41) is 0.